The molecule has 442 valence electrons. The van der Waals surface area contributed by atoms with Gasteiger partial charge in [0.2, 0.25) is 24.2 Å². The molecule has 1 heterocycles. The minimum atomic E-state index is -6.13. The van der Waals surface area contributed by atoms with Gasteiger partial charge in [0.25, 0.3) is 0 Å². The predicted octanol–water partition coefficient (Wildman–Crippen LogP) is 14.3. The van der Waals surface area contributed by atoms with Crippen molar-refractivity contribution in [2.24, 2.45) is 0 Å². The lowest BCUT2D eigenvalue weighted by molar-refractivity contribution is -0.683. The number of carbonyl (C=O) groups is 2. The number of hydrogen-bond donors (Lipinski definition) is 0. The summed E-state index contributed by atoms with van der Waals surface area (Å²) in [6, 6.07) is 5.87. The van der Waals surface area contributed by atoms with Crippen LogP contribution in [0.2, 0.25) is 0 Å². The maximum absolute atomic E-state index is 14.2. The first-order valence-electron chi connectivity index (χ1n) is 22.9. The summed E-state index contributed by atoms with van der Waals surface area (Å²) < 4.78 is 348. The lowest BCUT2D eigenvalue weighted by Crippen LogP contribution is -2.75. The van der Waals surface area contributed by atoms with Gasteiger partial charge in [0.15, 0.2) is 6.20 Å². The lowest BCUT2D eigenvalue weighted by atomic mass is 9.12. The number of ketones is 1. The van der Waals surface area contributed by atoms with E-state index in [1.54, 1.807) is 22.9 Å². The normalized spacial score (nSPS) is 13.1. The maximum atomic E-state index is 14.2. The lowest BCUT2D eigenvalue weighted by Gasteiger charge is -2.46. The number of hydrogen-bond acceptors (Lipinski definition) is 4. The molecule has 0 aliphatic rings. The Morgan fingerprint density at radius 3 is 1.05 bits per heavy atom. The van der Waals surface area contributed by atoms with Crippen molar-refractivity contribution in [3.05, 3.63) is 207 Å². The number of esters is 1. The number of halogens is 24. The average molecular weight is 1210 g/mol. The molecule has 0 amide bonds. The van der Waals surface area contributed by atoms with Gasteiger partial charge in [-0.3, -0.25) is 4.79 Å². The van der Waals surface area contributed by atoms with Gasteiger partial charge >= 0.3 is 55.4 Å². The largest absolute Gasteiger partial charge is 0.421 e. The van der Waals surface area contributed by atoms with E-state index in [2.05, 4.69) is 4.98 Å². The summed E-state index contributed by atoms with van der Waals surface area (Å²) in [6.45, 7) is 3.93. The van der Waals surface area contributed by atoms with Crippen LogP contribution in [-0.4, -0.2) is 22.9 Å². The quantitative estimate of drug-likeness (QED) is 0.0361. The SMILES string of the molecule is Cc1ccc(C)c(OC(=O)c2c[n+](CC(=O)c3ccccc3)ccn2)c1.FC(F)(F)c1cc([B-](c2cc(C(F)(F)F)cc(C(F)(F)F)c2)(c2cc(C(F)(F)F)cc(C(F)(F)F)c2)c2cc(C(F)(F)F)cc(C(F)(F)F)c2)cc(C(F)(F)F)c1. The van der Waals surface area contributed by atoms with Gasteiger partial charge in [0.05, 0.1) is 50.7 Å². The van der Waals surface area contributed by atoms with Crippen LogP contribution in [0.3, 0.4) is 0 Å². The molecule has 0 bridgehead atoms. The van der Waals surface area contributed by atoms with Gasteiger partial charge in [-0.15, -0.1) is 0 Å². The first kappa shape index (κ1) is 64.1. The van der Waals surface area contributed by atoms with E-state index in [0.717, 1.165) is 11.1 Å². The molecule has 6 aromatic carbocycles. The highest BCUT2D eigenvalue weighted by Gasteiger charge is 2.47. The number of Topliss-reactive ketones (excluding diaryl/α,β-unsaturated/α-hetero) is 1. The fraction of sp³-hybridized carbons (Fsp3) is 0.208. The molecule has 0 radical (unpaired) electrons. The standard InChI is InChI=1S/C32H12BF24.C21H19N2O3/c34-25(35,36)13-1-14(26(37,38)39)6-21(5-13)33(22-7-15(27(40,41)42)2-16(8-22)28(43,44)45,23-9-17(29(46,47)48)3-18(10-23)30(49,50)51)24-11-19(31(52,53)54)4-20(12-24)32(55,56)57;1-15-8-9-16(2)20(12-15)26-21(25)18-13-23(11-10-22-18)14-19(24)17-6-4-3-5-7-17/h1-12H;3-13H,14H2,1-2H3/q-1;+1. The fourth-order valence-corrected chi connectivity index (χ4v) is 8.56. The van der Waals surface area contributed by atoms with Crippen LogP contribution >= 0.6 is 0 Å². The first-order chi connectivity index (χ1) is 37.8. The van der Waals surface area contributed by atoms with Gasteiger partial charge in [0.1, 0.15) is 11.9 Å². The molecule has 30 heteroatoms. The van der Waals surface area contributed by atoms with Gasteiger partial charge in [-0.2, -0.15) is 132 Å². The monoisotopic (exact) mass is 1210 g/mol. The molecule has 0 spiro atoms. The summed E-state index contributed by atoms with van der Waals surface area (Å²) in [5, 5.41) is 0. The van der Waals surface area contributed by atoms with Crippen molar-refractivity contribution in [3.63, 3.8) is 0 Å². The number of aryl methyl sites for hydroxylation is 2. The Hall–Kier alpha value is -8.08. The third kappa shape index (κ3) is 15.1. The molecule has 0 unspecified atom stereocenters. The van der Waals surface area contributed by atoms with Crippen LogP contribution in [0.1, 0.15) is 76.5 Å². The van der Waals surface area contributed by atoms with Gasteiger partial charge in [-0.1, -0.05) is 91.0 Å². The maximum Gasteiger partial charge on any atom is 0.416 e. The number of ether oxygens (including phenoxy) is 1. The summed E-state index contributed by atoms with van der Waals surface area (Å²) in [5.74, 6) is -0.0941. The third-order valence-corrected chi connectivity index (χ3v) is 12.4. The summed E-state index contributed by atoms with van der Waals surface area (Å²) in [7, 11) is 0. The summed E-state index contributed by atoms with van der Waals surface area (Å²) >= 11 is 0. The van der Waals surface area contributed by atoms with Gasteiger partial charge < -0.3 is 4.74 Å². The van der Waals surface area contributed by atoms with E-state index in [1.165, 1.54) is 12.4 Å². The Kier molecular flexibility index (Phi) is 17.4. The molecule has 5 nitrogen and oxygen atoms in total. The van der Waals surface area contributed by atoms with E-state index in [4.69, 9.17) is 4.74 Å². The average Bonchev–Trinajstić information content (AvgIpc) is 1.84. The van der Waals surface area contributed by atoms with Crippen LogP contribution in [0.25, 0.3) is 0 Å². The topological polar surface area (TPSA) is 60.1 Å². The van der Waals surface area contributed by atoms with Crippen molar-refractivity contribution in [2.45, 2.75) is 69.8 Å². The molecule has 7 aromatic rings. The van der Waals surface area contributed by atoms with Crippen LogP contribution in [0.15, 0.2) is 140 Å². The molecule has 0 saturated carbocycles. The molecule has 0 saturated heterocycles. The number of alkyl halides is 24. The van der Waals surface area contributed by atoms with E-state index >= 15 is 0 Å². The van der Waals surface area contributed by atoms with Crippen molar-refractivity contribution >= 4 is 39.7 Å². The number of nitrogens with zero attached hydrogens (tertiary/aromatic N) is 2. The fourth-order valence-electron chi connectivity index (χ4n) is 8.56. The molecule has 0 N–H and O–H groups in total. The summed E-state index contributed by atoms with van der Waals surface area (Å²) in [4.78, 5) is 28.8. The van der Waals surface area contributed by atoms with Gasteiger partial charge in [-0.25, -0.2) is 9.78 Å². The van der Waals surface area contributed by atoms with Crippen LogP contribution in [-0.2, 0) is 56.0 Å². The van der Waals surface area contributed by atoms with E-state index in [0.29, 0.717) is 11.3 Å². The summed E-state index contributed by atoms with van der Waals surface area (Å²) in [5.41, 5.74) is -27.6. The van der Waals surface area contributed by atoms with E-state index < -0.39 is 201 Å². The Morgan fingerprint density at radius 1 is 0.434 bits per heavy atom. The van der Waals surface area contributed by atoms with Gasteiger partial charge in [0, 0.05) is 5.56 Å². The first-order valence-corrected chi connectivity index (χ1v) is 22.9. The van der Waals surface area contributed by atoms with Crippen molar-refractivity contribution in [1.29, 1.82) is 0 Å². The third-order valence-electron chi connectivity index (χ3n) is 12.4. The predicted molar refractivity (Wildman–Crippen MR) is 246 cm³/mol. The minimum absolute atomic E-state index is 0.0457. The second-order valence-corrected chi connectivity index (χ2v) is 18.3. The zero-order chi connectivity index (χ0) is 62.4. The number of rotatable bonds is 9. The van der Waals surface area contributed by atoms with Crippen LogP contribution < -0.4 is 31.2 Å². The molecule has 1 aromatic heterocycles. The molecule has 0 fully saturated rings. The van der Waals surface area contributed by atoms with Crippen molar-refractivity contribution in [1.82, 2.24) is 4.98 Å². The number of aromatic nitrogens is 2. The molecule has 0 aliphatic carbocycles. The second-order valence-electron chi connectivity index (χ2n) is 18.3. The van der Waals surface area contributed by atoms with Crippen LogP contribution in [0.5, 0.6) is 5.75 Å². The molecular weight excluding hydrogens is 1180 g/mol. The summed E-state index contributed by atoms with van der Waals surface area (Å²) in [6.07, 6.45) is -50.2. The van der Waals surface area contributed by atoms with Crippen LogP contribution in [0.4, 0.5) is 105 Å². The van der Waals surface area contributed by atoms with Crippen molar-refractivity contribution in [3.8, 4) is 5.75 Å². The Balaban J connectivity index is 0.000000352. The Morgan fingerprint density at radius 2 is 0.747 bits per heavy atom. The van der Waals surface area contributed by atoms with Gasteiger partial charge in [-0.05, 0) is 55.3 Å². The highest BCUT2D eigenvalue weighted by atomic mass is 19.4. The zero-order valence-electron chi connectivity index (χ0n) is 41.3. The van der Waals surface area contributed by atoms with Crippen LogP contribution in [0, 0.1) is 13.8 Å². The highest BCUT2D eigenvalue weighted by Crippen LogP contribution is 2.41. The molecule has 0 aliphatic heterocycles. The van der Waals surface area contributed by atoms with Crippen molar-refractivity contribution < 1.29 is 124 Å². The smallest absolute Gasteiger partial charge is 0.416 e. The molecule has 7 rings (SSSR count). The highest BCUT2D eigenvalue weighted by molar-refractivity contribution is 7.20. The van der Waals surface area contributed by atoms with E-state index in [1.807, 2.05) is 50.2 Å². The number of carbonyl (C=O) groups excluding carboxylic acids is 2. The van der Waals surface area contributed by atoms with E-state index in [-0.39, 0.29) is 18.0 Å². The second kappa shape index (κ2) is 22.6. The molecular formula is C53H31BF24N2O3. The molecule has 83 heavy (non-hydrogen) atoms. The van der Waals surface area contributed by atoms with Crippen molar-refractivity contribution in [2.75, 3.05) is 0 Å². The Labute approximate surface area is 450 Å². The zero-order valence-corrected chi connectivity index (χ0v) is 41.3. The Bertz CT molecular complexity index is 3100. The minimum Gasteiger partial charge on any atom is -0.421 e. The van der Waals surface area contributed by atoms with E-state index in [9.17, 15) is 115 Å². The molecule has 0 atom stereocenters. The number of benzene rings is 6.